The highest BCUT2D eigenvalue weighted by Gasteiger charge is 2.21. The van der Waals surface area contributed by atoms with Gasteiger partial charge in [0.1, 0.15) is 0 Å². The fourth-order valence-electron chi connectivity index (χ4n) is 1.52. The number of carbonyl (C=O) groups excluding carboxylic acids is 1. The number of hydrogen-bond donors (Lipinski definition) is 2. The number of sulfonamides is 1. The third-order valence-electron chi connectivity index (χ3n) is 2.60. The molecule has 0 aromatic heterocycles. The summed E-state index contributed by atoms with van der Waals surface area (Å²) in [4.78, 5) is 11.6. The summed E-state index contributed by atoms with van der Waals surface area (Å²) in [6, 6.07) is 6.51. The molecule has 21 heavy (non-hydrogen) atoms. The number of nitriles is 1. The predicted molar refractivity (Wildman–Crippen MR) is 75.8 cm³/mol. The van der Waals surface area contributed by atoms with Crippen LogP contribution in [0, 0.1) is 11.3 Å². The SMILES string of the molecule is COCCNC(=O)C(C)NS(=O)(=O)c1cccc(C#N)c1. The molecule has 7 nitrogen and oxygen atoms in total. The Balaban J connectivity index is 2.75. The van der Waals surface area contributed by atoms with E-state index in [2.05, 4.69) is 10.0 Å². The van der Waals surface area contributed by atoms with E-state index in [1.54, 1.807) is 0 Å². The second-order valence-electron chi connectivity index (χ2n) is 4.27. The molecule has 8 heteroatoms. The molecule has 1 atom stereocenters. The molecule has 2 N–H and O–H groups in total. The van der Waals surface area contributed by atoms with Crippen LogP contribution in [-0.2, 0) is 19.6 Å². The Morgan fingerprint density at radius 3 is 2.81 bits per heavy atom. The lowest BCUT2D eigenvalue weighted by molar-refractivity contribution is -0.122. The molecule has 0 aliphatic rings. The third kappa shape index (κ3) is 5.15. The molecular formula is C13H17N3O4S. The number of benzene rings is 1. The van der Waals surface area contributed by atoms with Crippen LogP contribution in [0.1, 0.15) is 12.5 Å². The van der Waals surface area contributed by atoms with Gasteiger partial charge in [-0.15, -0.1) is 0 Å². The van der Waals surface area contributed by atoms with Crippen molar-refractivity contribution in [1.29, 1.82) is 5.26 Å². The summed E-state index contributed by atoms with van der Waals surface area (Å²) < 4.78 is 31.3. The van der Waals surface area contributed by atoms with Crippen molar-refractivity contribution in [3.8, 4) is 6.07 Å². The molecule has 0 aliphatic carbocycles. The zero-order chi connectivity index (χ0) is 15.9. The van der Waals surface area contributed by atoms with Gasteiger partial charge in [-0.2, -0.15) is 9.98 Å². The summed E-state index contributed by atoms with van der Waals surface area (Å²) in [5.41, 5.74) is 0.232. The number of amides is 1. The molecule has 0 spiro atoms. The van der Waals surface area contributed by atoms with Crippen LogP contribution < -0.4 is 10.0 Å². The highest BCUT2D eigenvalue weighted by molar-refractivity contribution is 7.89. The molecule has 0 heterocycles. The van der Waals surface area contributed by atoms with Crippen LogP contribution in [0.3, 0.4) is 0 Å². The third-order valence-corrected chi connectivity index (χ3v) is 4.14. The van der Waals surface area contributed by atoms with Gasteiger partial charge in [-0.1, -0.05) is 6.07 Å². The van der Waals surface area contributed by atoms with Crippen molar-refractivity contribution in [2.75, 3.05) is 20.3 Å². The van der Waals surface area contributed by atoms with Crippen LogP contribution in [0.5, 0.6) is 0 Å². The minimum atomic E-state index is -3.86. The van der Waals surface area contributed by atoms with Crippen molar-refractivity contribution in [3.63, 3.8) is 0 Å². The standard InChI is InChI=1S/C13H17N3O4S/c1-10(13(17)15-6-7-20-2)16-21(18,19)12-5-3-4-11(8-12)9-14/h3-5,8,10,16H,6-7H2,1-2H3,(H,15,17). The maximum Gasteiger partial charge on any atom is 0.241 e. The van der Waals surface area contributed by atoms with Gasteiger partial charge in [0.15, 0.2) is 0 Å². The van der Waals surface area contributed by atoms with Crippen molar-refractivity contribution in [2.45, 2.75) is 17.9 Å². The number of hydrogen-bond acceptors (Lipinski definition) is 5. The molecule has 114 valence electrons. The molecule has 1 unspecified atom stereocenters. The lowest BCUT2D eigenvalue weighted by Crippen LogP contribution is -2.45. The van der Waals surface area contributed by atoms with Crippen molar-refractivity contribution < 1.29 is 17.9 Å². The largest absolute Gasteiger partial charge is 0.383 e. The van der Waals surface area contributed by atoms with Gasteiger partial charge in [-0.05, 0) is 25.1 Å². The van der Waals surface area contributed by atoms with E-state index in [1.807, 2.05) is 6.07 Å². The van der Waals surface area contributed by atoms with E-state index in [1.165, 1.54) is 38.3 Å². The fraction of sp³-hybridized carbons (Fsp3) is 0.385. The average molecular weight is 311 g/mol. The molecular weight excluding hydrogens is 294 g/mol. The van der Waals surface area contributed by atoms with Crippen LogP contribution in [0.2, 0.25) is 0 Å². The van der Waals surface area contributed by atoms with E-state index in [0.29, 0.717) is 13.2 Å². The summed E-state index contributed by atoms with van der Waals surface area (Å²) in [5, 5.41) is 11.3. The second kappa shape index (κ2) is 7.73. The van der Waals surface area contributed by atoms with Crippen molar-refractivity contribution >= 4 is 15.9 Å². The fourth-order valence-corrected chi connectivity index (χ4v) is 2.76. The molecule has 1 rings (SSSR count). The summed E-state index contributed by atoms with van der Waals surface area (Å²) in [6.45, 7) is 2.08. The number of rotatable bonds is 7. The maximum atomic E-state index is 12.1. The lowest BCUT2D eigenvalue weighted by Gasteiger charge is -2.14. The minimum absolute atomic E-state index is 0.0573. The van der Waals surface area contributed by atoms with Gasteiger partial charge in [-0.25, -0.2) is 8.42 Å². The first-order valence-electron chi connectivity index (χ1n) is 6.20. The summed E-state index contributed by atoms with van der Waals surface area (Å²) in [7, 11) is -2.36. The molecule has 1 amide bonds. The minimum Gasteiger partial charge on any atom is -0.383 e. The van der Waals surface area contributed by atoms with Gasteiger partial charge in [-0.3, -0.25) is 4.79 Å². The Morgan fingerprint density at radius 1 is 1.48 bits per heavy atom. The summed E-state index contributed by atoms with van der Waals surface area (Å²) >= 11 is 0. The molecule has 0 radical (unpaired) electrons. The molecule has 0 fully saturated rings. The van der Waals surface area contributed by atoms with E-state index >= 15 is 0 Å². The highest BCUT2D eigenvalue weighted by atomic mass is 32.2. The smallest absolute Gasteiger partial charge is 0.241 e. The Hall–Kier alpha value is -1.95. The number of nitrogens with one attached hydrogen (secondary N) is 2. The Bertz CT molecular complexity index is 637. The number of methoxy groups -OCH3 is 1. The van der Waals surface area contributed by atoms with E-state index in [-0.39, 0.29) is 10.5 Å². The molecule has 1 aromatic rings. The second-order valence-corrected chi connectivity index (χ2v) is 5.98. The van der Waals surface area contributed by atoms with Gasteiger partial charge >= 0.3 is 0 Å². The molecule has 1 aromatic carbocycles. The summed E-state index contributed by atoms with van der Waals surface area (Å²) in [5.74, 6) is -0.452. The first kappa shape index (κ1) is 17.1. The van der Waals surface area contributed by atoms with Gasteiger partial charge in [0.25, 0.3) is 0 Å². The number of nitrogens with zero attached hydrogens (tertiary/aromatic N) is 1. The lowest BCUT2D eigenvalue weighted by atomic mass is 10.2. The van der Waals surface area contributed by atoms with Crippen LogP contribution in [-0.4, -0.2) is 40.6 Å². The topological polar surface area (TPSA) is 108 Å². The van der Waals surface area contributed by atoms with Crippen LogP contribution in [0.25, 0.3) is 0 Å². The van der Waals surface area contributed by atoms with E-state index in [4.69, 9.17) is 10.00 Å². The normalized spacial score (nSPS) is 12.4. The highest BCUT2D eigenvalue weighted by Crippen LogP contribution is 2.11. The van der Waals surface area contributed by atoms with E-state index < -0.39 is 22.0 Å². The zero-order valence-electron chi connectivity index (χ0n) is 11.8. The first-order valence-corrected chi connectivity index (χ1v) is 7.68. The van der Waals surface area contributed by atoms with Crippen molar-refractivity contribution in [2.24, 2.45) is 0 Å². The monoisotopic (exact) mass is 311 g/mol. The van der Waals surface area contributed by atoms with E-state index in [9.17, 15) is 13.2 Å². The van der Waals surface area contributed by atoms with Crippen LogP contribution in [0.15, 0.2) is 29.2 Å². The van der Waals surface area contributed by atoms with Gasteiger partial charge in [0, 0.05) is 13.7 Å². The quantitative estimate of drug-likeness (QED) is 0.688. The molecule has 0 bridgehead atoms. The molecule has 0 saturated heterocycles. The van der Waals surface area contributed by atoms with Crippen LogP contribution >= 0.6 is 0 Å². The number of ether oxygens (including phenoxy) is 1. The Kier molecular flexibility index (Phi) is 6.30. The Morgan fingerprint density at radius 2 is 2.19 bits per heavy atom. The van der Waals surface area contributed by atoms with Gasteiger partial charge < -0.3 is 10.1 Å². The van der Waals surface area contributed by atoms with Gasteiger partial charge in [0.05, 0.1) is 29.2 Å². The summed E-state index contributed by atoms with van der Waals surface area (Å²) in [6.07, 6.45) is 0. The number of carbonyl (C=O) groups is 1. The molecule has 0 saturated carbocycles. The first-order chi connectivity index (χ1) is 9.90. The van der Waals surface area contributed by atoms with Crippen molar-refractivity contribution in [3.05, 3.63) is 29.8 Å². The molecule has 0 aliphatic heterocycles. The van der Waals surface area contributed by atoms with Crippen molar-refractivity contribution in [1.82, 2.24) is 10.0 Å². The predicted octanol–water partition coefficient (Wildman–Crippen LogP) is -0.0123. The van der Waals surface area contributed by atoms with Crippen LogP contribution in [0.4, 0.5) is 0 Å². The zero-order valence-corrected chi connectivity index (χ0v) is 12.6. The van der Waals surface area contributed by atoms with E-state index in [0.717, 1.165) is 0 Å². The average Bonchev–Trinajstić information content (AvgIpc) is 2.47. The Labute approximate surface area is 124 Å². The van der Waals surface area contributed by atoms with Gasteiger partial charge in [0.2, 0.25) is 15.9 Å². The maximum absolute atomic E-state index is 12.1.